The van der Waals surface area contributed by atoms with Crippen molar-refractivity contribution in [1.29, 1.82) is 0 Å². The van der Waals surface area contributed by atoms with Crippen molar-refractivity contribution in [2.45, 2.75) is 13.3 Å². The number of alkyl halides is 3. The quantitative estimate of drug-likeness (QED) is 0.872. The number of carboxylic acid groups (broad SMARTS) is 1. The fourth-order valence-corrected chi connectivity index (χ4v) is 1.56. The molecule has 25 heavy (non-hydrogen) atoms. The molecular weight excluding hydrogens is 343 g/mol. The van der Waals surface area contributed by atoms with Crippen LogP contribution < -0.4 is 15.2 Å². The van der Waals surface area contributed by atoms with Crippen LogP contribution in [0.5, 0.6) is 17.2 Å². The van der Waals surface area contributed by atoms with E-state index in [0.717, 1.165) is 19.1 Å². The average molecular weight is 357 g/mol. The molecule has 6 nitrogen and oxygen atoms in total. The molecular formula is C16H14F3NO5. The van der Waals surface area contributed by atoms with Crippen molar-refractivity contribution in [3.05, 3.63) is 54.1 Å². The number of carbonyl (C=O) groups excluding carboxylic acids is 1. The summed E-state index contributed by atoms with van der Waals surface area (Å²) >= 11 is 0. The molecule has 0 aromatic heterocycles. The van der Waals surface area contributed by atoms with Gasteiger partial charge in [0.05, 0.1) is 0 Å². The van der Waals surface area contributed by atoms with Gasteiger partial charge in [-0.3, -0.25) is 9.59 Å². The van der Waals surface area contributed by atoms with E-state index in [1.54, 1.807) is 0 Å². The van der Waals surface area contributed by atoms with E-state index in [1.807, 2.05) is 0 Å². The molecule has 2 rings (SSSR count). The predicted octanol–water partition coefficient (Wildman–Crippen LogP) is 3.57. The number of primary amides is 1. The predicted molar refractivity (Wildman–Crippen MR) is 81.5 cm³/mol. The molecule has 0 bridgehead atoms. The summed E-state index contributed by atoms with van der Waals surface area (Å²) in [5, 5.41) is 7.42. The molecule has 2 aromatic rings. The Morgan fingerprint density at radius 3 is 2.00 bits per heavy atom. The molecule has 0 aliphatic carbocycles. The van der Waals surface area contributed by atoms with Crippen molar-refractivity contribution in [2.75, 3.05) is 0 Å². The van der Waals surface area contributed by atoms with Gasteiger partial charge in [-0.25, -0.2) is 0 Å². The lowest BCUT2D eigenvalue weighted by Crippen LogP contribution is -2.17. The Labute approximate surface area is 140 Å². The first-order chi connectivity index (χ1) is 11.6. The van der Waals surface area contributed by atoms with Gasteiger partial charge >= 0.3 is 6.36 Å². The highest BCUT2D eigenvalue weighted by molar-refractivity contribution is 5.92. The second kappa shape index (κ2) is 8.57. The van der Waals surface area contributed by atoms with Gasteiger partial charge in [0.25, 0.3) is 5.97 Å². The van der Waals surface area contributed by atoms with Crippen molar-refractivity contribution in [2.24, 2.45) is 5.73 Å². The normalized spacial score (nSPS) is 10.2. The van der Waals surface area contributed by atoms with Crippen LogP contribution in [0.4, 0.5) is 13.2 Å². The maximum absolute atomic E-state index is 12.1. The second-order valence-corrected chi connectivity index (χ2v) is 4.53. The molecule has 0 heterocycles. The van der Waals surface area contributed by atoms with Gasteiger partial charge in [-0.15, -0.1) is 13.2 Å². The van der Waals surface area contributed by atoms with Gasteiger partial charge in [0, 0.05) is 18.6 Å². The highest BCUT2D eigenvalue weighted by Gasteiger charge is 2.31. The Bertz CT molecular complexity index is 725. The summed E-state index contributed by atoms with van der Waals surface area (Å²) in [6, 6.07) is 11.0. The fourth-order valence-electron chi connectivity index (χ4n) is 1.56. The molecule has 3 N–H and O–H groups in total. The lowest BCUT2D eigenvalue weighted by Gasteiger charge is -2.10. The Morgan fingerprint density at radius 1 is 1.00 bits per heavy atom. The van der Waals surface area contributed by atoms with E-state index >= 15 is 0 Å². The minimum absolute atomic E-state index is 0.170. The van der Waals surface area contributed by atoms with Crippen LogP contribution in [0.25, 0.3) is 0 Å². The van der Waals surface area contributed by atoms with Crippen LogP contribution in [0.1, 0.15) is 17.3 Å². The van der Waals surface area contributed by atoms with Crippen molar-refractivity contribution < 1.29 is 37.3 Å². The van der Waals surface area contributed by atoms with E-state index < -0.39 is 18.2 Å². The van der Waals surface area contributed by atoms with Crippen molar-refractivity contribution in [1.82, 2.24) is 0 Å². The molecule has 0 radical (unpaired) electrons. The van der Waals surface area contributed by atoms with E-state index in [0.29, 0.717) is 11.3 Å². The summed E-state index contributed by atoms with van der Waals surface area (Å²) in [5.74, 6) is -1.27. The molecule has 1 amide bonds. The molecule has 9 heteroatoms. The second-order valence-electron chi connectivity index (χ2n) is 4.53. The summed E-state index contributed by atoms with van der Waals surface area (Å²) in [4.78, 5) is 19.9. The van der Waals surface area contributed by atoms with E-state index in [1.165, 1.54) is 36.4 Å². The first-order valence-electron chi connectivity index (χ1n) is 6.70. The summed E-state index contributed by atoms with van der Waals surface area (Å²) in [7, 11) is 0. The third-order valence-electron chi connectivity index (χ3n) is 2.41. The topological polar surface area (TPSA) is 98.8 Å². The zero-order chi connectivity index (χ0) is 19.0. The van der Waals surface area contributed by atoms with Gasteiger partial charge in [-0.1, -0.05) is 6.07 Å². The Hall–Kier alpha value is -3.23. The number of rotatable bonds is 4. The van der Waals surface area contributed by atoms with Gasteiger partial charge in [-0.2, -0.15) is 0 Å². The SMILES string of the molecule is CC(=O)O.NC(=O)c1ccc(Oc2cccc(OC(F)(F)F)c2)cc1. The lowest BCUT2D eigenvalue weighted by atomic mass is 10.2. The molecule has 134 valence electrons. The number of ether oxygens (including phenoxy) is 2. The highest BCUT2D eigenvalue weighted by atomic mass is 19.4. The van der Waals surface area contributed by atoms with Crippen LogP contribution in [-0.2, 0) is 4.79 Å². The Balaban J connectivity index is 0.000000705. The van der Waals surface area contributed by atoms with Gasteiger partial charge in [0.15, 0.2) is 0 Å². The Morgan fingerprint density at radius 2 is 1.52 bits per heavy atom. The van der Waals surface area contributed by atoms with E-state index in [2.05, 4.69) is 4.74 Å². The maximum atomic E-state index is 12.1. The molecule has 0 spiro atoms. The molecule has 0 aliphatic heterocycles. The van der Waals surface area contributed by atoms with Crippen LogP contribution in [0.15, 0.2) is 48.5 Å². The zero-order valence-corrected chi connectivity index (χ0v) is 12.9. The number of halogens is 3. The van der Waals surface area contributed by atoms with Crippen molar-refractivity contribution in [3.8, 4) is 17.2 Å². The molecule has 0 fully saturated rings. The number of hydrogen-bond donors (Lipinski definition) is 2. The maximum Gasteiger partial charge on any atom is 0.573 e. The van der Waals surface area contributed by atoms with Gasteiger partial charge in [-0.05, 0) is 36.4 Å². The monoisotopic (exact) mass is 357 g/mol. The number of carbonyl (C=O) groups is 2. The zero-order valence-electron chi connectivity index (χ0n) is 12.9. The summed E-state index contributed by atoms with van der Waals surface area (Å²) in [5.41, 5.74) is 5.39. The molecule has 0 unspecified atom stereocenters. The average Bonchev–Trinajstić information content (AvgIpc) is 2.45. The van der Waals surface area contributed by atoms with Gasteiger partial charge in [0.2, 0.25) is 5.91 Å². The fraction of sp³-hybridized carbons (Fsp3) is 0.125. The van der Waals surface area contributed by atoms with E-state index in [-0.39, 0.29) is 11.5 Å². The van der Waals surface area contributed by atoms with Crippen LogP contribution in [0, 0.1) is 0 Å². The highest BCUT2D eigenvalue weighted by Crippen LogP contribution is 2.28. The molecule has 2 aromatic carbocycles. The molecule has 0 atom stereocenters. The van der Waals surface area contributed by atoms with Gasteiger partial charge < -0.3 is 20.3 Å². The molecule has 0 saturated heterocycles. The lowest BCUT2D eigenvalue weighted by molar-refractivity contribution is -0.274. The minimum atomic E-state index is -4.76. The van der Waals surface area contributed by atoms with Crippen LogP contribution in [-0.4, -0.2) is 23.3 Å². The standard InChI is InChI=1S/C14H10F3NO3.C2H4O2/c15-14(16,17)21-12-3-1-2-11(8-12)20-10-6-4-9(5-7-10)13(18)19;1-2(3)4/h1-8H,(H2,18,19);1H3,(H,3,4). The van der Waals surface area contributed by atoms with E-state index in [9.17, 15) is 18.0 Å². The first-order valence-corrected chi connectivity index (χ1v) is 6.70. The van der Waals surface area contributed by atoms with E-state index in [4.69, 9.17) is 20.4 Å². The third-order valence-corrected chi connectivity index (χ3v) is 2.41. The number of nitrogens with two attached hydrogens (primary N) is 1. The summed E-state index contributed by atoms with van der Waals surface area (Å²) in [6.45, 7) is 1.08. The minimum Gasteiger partial charge on any atom is -0.481 e. The number of carboxylic acids is 1. The molecule has 0 aliphatic rings. The van der Waals surface area contributed by atoms with Gasteiger partial charge in [0.1, 0.15) is 17.2 Å². The Kier molecular flexibility index (Phi) is 6.80. The first kappa shape index (κ1) is 19.8. The number of hydrogen-bond acceptors (Lipinski definition) is 4. The molecule has 0 saturated carbocycles. The summed E-state index contributed by atoms with van der Waals surface area (Å²) in [6.07, 6.45) is -4.76. The summed E-state index contributed by atoms with van der Waals surface area (Å²) < 4.78 is 45.5. The van der Waals surface area contributed by atoms with Crippen LogP contribution >= 0.6 is 0 Å². The van der Waals surface area contributed by atoms with Crippen LogP contribution in [0.3, 0.4) is 0 Å². The number of amides is 1. The smallest absolute Gasteiger partial charge is 0.481 e. The van der Waals surface area contributed by atoms with Crippen LogP contribution in [0.2, 0.25) is 0 Å². The van der Waals surface area contributed by atoms with Crippen molar-refractivity contribution in [3.63, 3.8) is 0 Å². The van der Waals surface area contributed by atoms with Crippen molar-refractivity contribution >= 4 is 11.9 Å². The largest absolute Gasteiger partial charge is 0.573 e. The third kappa shape index (κ3) is 8.26. The number of benzene rings is 2. The number of aliphatic carboxylic acids is 1.